The molecule has 1 atom stereocenters. The second-order valence-corrected chi connectivity index (χ2v) is 8.23. The number of alkyl halides is 3. The van der Waals surface area contributed by atoms with E-state index in [1.165, 1.54) is 11.8 Å². The molecule has 3 rings (SSSR count). The zero-order chi connectivity index (χ0) is 20.3. The standard InChI is InChI=1S/C19H19ClF3N3OS/c1-13(28-15-5-3-2-4-6-15)18(27)26-9-7-25(8-10-26)17-16(20)11-14(12-24-17)19(21,22)23/h2-6,11-13H,7-10H2,1H3. The Bertz CT molecular complexity index is 827. The highest BCUT2D eigenvalue weighted by molar-refractivity contribution is 8.00. The molecule has 1 fully saturated rings. The summed E-state index contributed by atoms with van der Waals surface area (Å²) in [5.41, 5.74) is -0.873. The Hall–Kier alpha value is -1.93. The Kier molecular flexibility index (Phi) is 6.40. The van der Waals surface area contributed by atoms with Crippen LogP contribution in [-0.2, 0) is 11.0 Å². The molecule has 0 saturated carbocycles. The van der Waals surface area contributed by atoms with E-state index < -0.39 is 11.7 Å². The molecule has 1 aliphatic heterocycles. The zero-order valence-corrected chi connectivity index (χ0v) is 16.7. The zero-order valence-electron chi connectivity index (χ0n) is 15.1. The number of thioether (sulfide) groups is 1. The molecule has 4 nitrogen and oxygen atoms in total. The topological polar surface area (TPSA) is 36.4 Å². The molecule has 0 N–H and O–H groups in total. The van der Waals surface area contributed by atoms with Gasteiger partial charge in [-0.2, -0.15) is 13.2 Å². The fourth-order valence-electron chi connectivity index (χ4n) is 2.97. The lowest BCUT2D eigenvalue weighted by Crippen LogP contribution is -2.51. The Morgan fingerprint density at radius 1 is 1.18 bits per heavy atom. The van der Waals surface area contributed by atoms with Crippen molar-refractivity contribution in [3.8, 4) is 0 Å². The molecule has 1 aliphatic rings. The number of pyridine rings is 1. The number of aromatic nitrogens is 1. The van der Waals surface area contributed by atoms with E-state index in [2.05, 4.69) is 4.98 Å². The third kappa shape index (κ3) is 4.91. The number of rotatable bonds is 4. The van der Waals surface area contributed by atoms with Crippen LogP contribution in [0.3, 0.4) is 0 Å². The lowest BCUT2D eigenvalue weighted by atomic mass is 10.2. The van der Waals surface area contributed by atoms with Crippen molar-refractivity contribution in [2.45, 2.75) is 23.2 Å². The van der Waals surface area contributed by atoms with Crippen molar-refractivity contribution in [3.05, 3.63) is 53.2 Å². The Morgan fingerprint density at radius 2 is 1.82 bits per heavy atom. The van der Waals surface area contributed by atoms with Gasteiger partial charge in [0.2, 0.25) is 5.91 Å². The fourth-order valence-corrected chi connectivity index (χ4v) is 4.23. The van der Waals surface area contributed by atoms with Crippen LogP contribution in [0.5, 0.6) is 0 Å². The average Bonchev–Trinajstić information content (AvgIpc) is 2.67. The number of halogens is 4. The summed E-state index contributed by atoms with van der Waals surface area (Å²) in [6, 6.07) is 10.6. The van der Waals surface area contributed by atoms with Gasteiger partial charge in [0.1, 0.15) is 5.82 Å². The molecule has 1 aromatic carbocycles. The molecule has 0 radical (unpaired) electrons. The second-order valence-electron chi connectivity index (χ2n) is 6.41. The first kappa shape index (κ1) is 20.8. The lowest BCUT2D eigenvalue weighted by Gasteiger charge is -2.36. The van der Waals surface area contributed by atoms with Gasteiger partial charge in [0.15, 0.2) is 0 Å². The third-order valence-corrected chi connectivity index (χ3v) is 5.82. The smallest absolute Gasteiger partial charge is 0.352 e. The van der Waals surface area contributed by atoms with Crippen molar-refractivity contribution in [1.29, 1.82) is 0 Å². The van der Waals surface area contributed by atoms with Gasteiger partial charge in [0.05, 0.1) is 15.8 Å². The maximum Gasteiger partial charge on any atom is 0.417 e. The number of nitrogens with zero attached hydrogens (tertiary/aromatic N) is 3. The molecule has 2 heterocycles. The van der Waals surface area contributed by atoms with Crippen molar-refractivity contribution >= 4 is 35.1 Å². The molecule has 1 unspecified atom stereocenters. The average molecular weight is 430 g/mol. The first-order valence-electron chi connectivity index (χ1n) is 8.74. The van der Waals surface area contributed by atoms with E-state index in [9.17, 15) is 18.0 Å². The summed E-state index contributed by atoms with van der Waals surface area (Å²) in [6.45, 7) is 3.74. The maximum absolute atomic E-state index is 12.8. The van der Waals surface area contributed by atoms with E-state index in [1.807, 2.05) is 37.3 Å². The summed E-state index contributed by atoms with van der Waals surface area (Å²) in [5.74, 6) is 0.355. The molecule has 0 spiro atoms. The summed E-state index contributed by atoms with van der Waals surface area (Å²) in [4.78, 5) is 21.2. The third-order valence-electron chi connectivity index (χ3n) is 4.44. The van der Waals surface area contributed by atoms with Gasteiger partial charge in [0.25, 0.3) is 0 Å². The van der Waals surface area contributed by atoms with Crippen LogP contribution in [0.4, 0.5) is 19.0 Å². The Balaban J connectivity index is 1.59. The summed E-state index contributed by atoms with van der Waals surface area (Å²) >= 11 is 7.52. The largest absolute Gasteiger partial charge is 0.417 e. The number of benzene rings is 1. The van der Waals surface area contributed by atoms with Gasteiger partial charge in [0, 0.05) is 37.3 Å². The number of amides is 1. The van der Waals surface area contributed by atoms with Crippen LogP contribution in [-0.4, -0.2) is 47.2 Å². The predicted molar refractivity (Wildman–Crippen MR) is 105 cm³/mol. The van der Waals surface area contributed by atoms with Crippen molar-refractivity contribution in [3.63, 3.8) is 0 Å². The van der Waals surface area contributed by atoms with Gasteiger partial charge in [-0.25, -0.2) is 4.98 Å². The molecule has 1 aromatic heterocycles. The predicted octanol–water partition coefficient (Wildman–Crippen LogP) is 4.58. The Labute approximate surface area is 170 Å². The maximum atomic E-state index is 12.8. The number of carbonyl (C=O) groups is 1. The van der Waals surface area contributed by atoms with E-state index in [-0.39, 0.29) is 16.2 Å². The molecular weight excluding hydrogens is 411 g/mol. The van der Waals surface area contributed by atoms with E-state index in [1.54, 1.807) is 9.80 Å². The number of carbonyl (C=O) groups excluding carboxylic acids is 1. The molecule has 2 aromatic rings. The number of piperazine rings is 1. The van der Waals surface area contributed by atoms with Crippen molar-refractivity contribution in [2.24, 2.45) is 0 Å². The minimum atomic E-state index is -4.48. The lowest BCUT2D eigenvalue weighted by molar-refractivity contribution is -0.137. The summed E-state index contributed by atoms with van der Waals surface area (Å²) in [7, 11) is 0. The van der Waals surface area contributed by atoms with Gasteiger partial charge >= 0.3 is 6.18 Å². The van der Waals surface area contributed by atoms with Crippen molar-refractivity contribution in [1.82, 2.24) is 9.88 Å². The van der Waals surface area contributed by atoms with Gasteiger partial charge in [-0.15, -0.1) is 11.8 Å². The summed E-state index contributed by atoms with van der Waals surface area (Å²) < 4.78 is 38.3. The Morgan fingerprint density at radius 3 is 2.39 bits per heavy atom. The number of anilines is 1. The first-order chi connectivity index (χ1) is 13.3. The summed E-state index contributed by atoms with van der Waals surface area (Å²) in [5, 5.41) is -0.260. The van der Waals surface area contributed by atoms with Gasteiger partial charge in [-0.1, -0.05) is 29.8 Å². The summed E-state index contributed by atoms with van der Waals surface area (Å²) in [6.07, 6.45) is -3.69. The second kappa shape index (κ2) is 8.61. The normalized spacial score (nSPS) is 16.2. The monoisotopic (exact) mass is 429 g/mol. The van der Waals surface area contributed by atoms with Crippen LogP contribution >= 0.6 is 23.4 Å². The van der Waals surface area contributed by atoms with E-state index in [0.29, 0.717) is 32.0 Å². The van der Waals surface area contributed by atoms with Crippen LogP contribution in [0, 0.1) is 0 Å². The van der Waals surface area contributed by atoms with Crippen LogP contribution < -0.4 is 4.90 Å². The van der Waals surface area contributed by atoms with E-state index in [0.717, 1.165) is 17.2 Å². The quantitative estimate of drug-likeness (QED) is 0.666. The van der Waals surface area contributed by atoms with Gasteiger partial charge in [-0.05, 0) is 25.1 Å². The van der Waals surface area contributed by atoms with Crippen molar-refractivity contribution in [2.75, 3.05) is 31.1 Å². The fraction of sp³-hybridized carbons (Fsp3) is 0.368. The highest BCUT2D eigenvalue weighted by atomic mass is 35.5. The van der Waals surface area contributed by atoms with Crippen LogP contribution in [0.2, 0.25) is 5.02 Å². The SMILES string of the molecule is CC(Sc1ccccc1)C(=O)N1CCN(c2ncc(C(F)(F)F)cc2Cl)CC1. The number of hydrogen-bond donors (Lipinski definition) is 0. The molecule has 28 heavy (non-hydrogen) atoms. The molecule has 1 saturated heterocycles. The minimum Gasteiger partial charge on any atom is -0.352 e. The molecular formula is C19H19ClF3N3OS. The van der Waals surface area contributed by atoms with Crippen LogP contribution in [0.25, 0.3) is 0 Å². The molecule has 0 bridgehead atoms. The van der Waals surface area contributed by atoms with E-state index in [4.69, 9.17) is 11.6 Å². The molecule has 150 valence electrons. The highest BCUT2D eigenvalue weighted by Crippen LogP contribution is 2.34. The van der Waals surface area contributed by atoms with Crippen molar-refractivity contribution < 1.29 is 18.0 Å². The van der Waals surface area contributed by atoms with Gasteiger partial charge < -0.3 is 9.80 Å². The minimum absolute atomic E-state index is 0.0393. The van der Waals surface area contributed by atoms with E-state index >= 15 is 0 Å². The highest BCUT2D eigenvalue weighted by Gasteiger charge is 2.33. The van der Waals surface area contributed by atoms with Gasteiger partial charge in [-0.3, -0.25) is 4.79 Å². The van der Waals surface area contributed by atoms with Crippen LogP contribution in [0.15, 0.2) is 47.5 Å². The molecule has 9 heteroatoms. The first-order valence-corrected chi connectivity index (χ1v) is 9.99. The molecule has 1 amide bonds. The van der Waals surface area contributed by atoms with Crippen LogP contribution in [0.1, 0.15) is 12.5 Å². The molecule has 0 aliphatic carbocycles. The number of hydrogen-bond acceptors (Lipinski definition) is 4.